The van der Waals surface area contributed by atoms with E-state index in [1.54, 1.807) is 19.1 Å². The Morgan fingerprint density at radius 1 is 1.32 bits per heavy atom. The van der Waals surface area contributed by atoms with Crippen LogP contribution in [-0.4, -0.2) is 17.7 Å². The summed E-state index contributed by atoms with van der Waals surface area (Å²) in [6.45, 7) is 4.53. The van der Waals surface area contributed by atoms with Gasteiger partial charge in [0.2, 0.25) is 0 Å². The van der Waals surface area contributed by atoms with Crippen LogP contribution < -0.4 is 4.74 Å². The molecule has 104 valence electrons. The lowest BCUT2D eigenvalue weighted by Gasteiger charge is -2.10. The molecule has 0 bridgehead atoms. The molecule has 19 heavy (non-hydrogen) atoms. The number of aromatic carboxylic acids is 1. The topological polar surface area (TPSA) is 46.5 Å². The van der Waals surface area contributed by atoms with Gasteiger partial charge in [-0.3, -0.25) is 0 Å². The average Bonchev–Trinajstić information content (AvgIpc) is 2.39. The first-order chi connectivity index (χ1) is 9.16. The van der Waals surface area contributed by atoms with Crippen molar-refractivity contribution in [3.8, 4) is 5.75 Å². The fraction of sp³-hybridized carbons (Fsp3) is 0.438. The van der Waals surface area contributed by atoms with Crippen molar-refractivity contribution in [2.24, 2.45) is 0 Å². The van der Waals surface area contributed by atoms with Crippen LogP contribution in [0.4, 0.5) is 0 Å². The number of benzene rings is 1. The van der Waals surface area contributed by atoms with E-state index in [0.29, 0.717) is 23.5 Å². The van der Waals surface area contributed by atoms with Crippen LogP contribution in [0.2, 0.25) is 0 Å². The molecule has 0 heterocycles. The Bertz CT molecular complexity index is 436. The van der Waals surface area contributed by atoms with Crippen molar-refractivity contribution < 1.29 is 14.6 Å². The molecule has 1 rings (SSSR count). The highest BCUT2D eigenvalue weighted by atomic mass is 16.5. The Kier molecular flexibility index (Phi) is 6.72. The Morgan fingerprint density at radius 2 is 2.11 bits per heavy atom. The van der Waals surface area contributed by atoms with Gasteiger partial charge in [-0.2, -0.15) is 0 Å². The first-order valence-electron chi connectivity index (χ1n) is 6.77. The average molecular weight is 262 g/mol. The summed E-state index contributed by atoms with van der Waals surface area (Å²) < 4.78 is 5.65. The quantitative estimate of drug-likeness (QED) is 0.564. The number of allylic oxidation sites excluding steroid dienone is 2. The lowest BCUT2D eigenvalue weighted by Crippen LogP contribution is -2.04. The summed E-state index contributed by atoms with van der Waals surface area (Å²) in [5, 5.41) is 9.02. The molecule has 1 aromatic rings. The lowest BCUT2D eigenvalue weighted by molar-refractivity contribution is 0.0695. The predicted molar refractivity (Wildman–Crippen MR) is 76.9 cm³/mol. The van der Waals surface area contributed by atoms with Crippen molar-refractivity contribution in [2.75, 3.05) is 6.61 Å². The second kappa shape index (κ2) is 8.35. The molecule has 0 saturated carbocycles. The summed E-state index contributed by atoms with van der Waals surface area (Å²) in [5.74, 6) is -0.239. The number of unbranched alkanes of at least 4 members (excludes halogenated alkanes) is 2. The molecule has 0 aliphatic carbocycles. The summed E-state index contributed by atoms with van der Waals surface area (Å²) in [4.78, 5) is 11.0. The summed E-state index contributed by atoms with van der Waals surface area (Å²) in [5.41, 5.74) is 1.00. The van der Waals surface area contributed by atoms with Crippen molar-refractivity contribution in [3.05, 3.63) is 41.5 Å². The molecule has 1 N–H and O–H groups in total. The minimum Gasteiger partial charge on any atom is -0.493 e. The number of hydrogen-bond acceptors (Lipinski definition) is 2. The van der Waals surface area contributed by atoms with Gasteiger partial charge in [0, 0.05) is 5.56 Å². The third-order valence-electron chi connectivity index (χ3n) is 2.94. The van der Waals surface area contributed by atoms with E-state index in [9.17, 15) is 4.79 Å². The molecule has 0 unspecified atom stereocenters. The fourth-order valence-electron chi connectivity index (χ4n) is 1.83. The molecule has 0 atom stereocenters. The SMILES string of the molecule is CC/C=C\CCCCOc1cccc(C(=O)O)c1C. The second-order valence-electron chi connectivity index (χ2n) is 4.46. The van der Waals surface area contributed by atoms with Gasteiger partial charge in [-0.15, -0.1) is 0 Å². The smallest absolute Gasteiger partial charge is 0.336 e. The minimum atomic E-state index is -0.910. The van der Waals surface area contributed by atoms with Crippen molar-refractivity contribution in [3.63, 3.8) is 0 Å². The maximum Gasteiger partial charge on any atom is 0.336 e. The normalized spacial score (nSPS) is 10.8. The molecule has 0 aromatic heterocycles. The number of carboxylic acids is 1. The zero-order valence-corrected chi connectivity index (χ0v) is 11.7. The molecule has 0 saturated heterocycles. The van der Waals surface area contributed by atoms with Gasteiger partial charge >= 0.3 is 5.97 Å². The van der Waals surface area contributed by atoms with Crippen molar-refractivity contribution >= 4 is 5.97 Å². The number of ether oxygens (including phenoxy) is 1. The Morgan fingerprint density at radius 3 is 2.79 bits per heavy atom. The van der Waals surface area contributed by atoms with E-state index >= 15 is 0 Å². The monoisotopic (exact) mass is 262 g/mol. The Labute approximate surface area is 114 Å². The number of rotatable bonds is 8. The zero-order valence-electron chi connectivity index (χ0n) is 11.7. The van der Waals surface area contributed by atoms with E-state index in [4.69, 9.17) is 9.84 Å². The fourth-order valence-corrected chi connectivity index (χ4v) is 1.83. The molecule has 0 radical (unpaired) electrons. The van der Waals surface area contributed by atoms with Crippen LogP contribution in [0.15, 0.2) is 30.4 Å². The van der Waals surface area contributed by atoms with Crippen molar-refractivity contribution in [1.29, 1.82) is 0 Å². The van der Waals surface area contributed by atoms with Crippen molar-refractivity contribution in [2.45, 2.75) is 39.5 Å². The molecule has 0 fully saturated rings. The molecular weight excluding hydrogens is 240 g/mol. The molecule has 0 amide bonds. The van der Waals surface area contributed by atoms with E-state index in [1.165, 1.54) is 0 Å². The molecular formula is C16H22O3. The molecule has 0 aliphatic heterocycles. The van der Waals surface area contributed by atoms with E-state index in [2.05, 4.69) is 19.1 Å². The first-order valence-corrected chi connectivity index (χ1v) is 6.77. The summed E-state index contributed by atoms with van der Waals surface area (Å²) in [6.07, 6.45) is 8.58. The van der Waals surface area contributed by atoms with E-state index in [-0.39, 0.29) is 0 Å². The number of carboxylic acid groups (broad SMARTS) is 1. The van der Waals surface area contributed by atoms with Gasteiger partial charge in [0.05, 0.1) is 12.2 Å². The third kappa shape index (κ3) is 5.16. The van der Waals surface area contributed by atoms with Gasteiger partial charge in [-0.05, 0) is 44.7 Å². The molecule has 3 nitrogen and oxygen atoms in total. The minimum absolute atomic E-state index is 0.309. The summed E-state index contributed by atoms with van der Waals surface area (Å²) in [6, 6.07) is 5.13. The van der Waals surface area contributed by atoms with Gasteiger partial charge < -0.3 is 9.84 Å². The van der Waals surface area contributed by atoms with Crippen LogP contribution in [0, 0.1) is 6.92 Å². The molecule has 0 spiro atoms. The second-order valence-corrected chi connectivity index (χ2v) is 4.46. The van der Waals surface area contributed by atoms with E-state index in [0.717, 1.165) is 25.7 Å². The third-order valence-corrected chi connectivity index (χ3v) is 2.94. The van der Waals surface area contributed by atoms with Crippen LogP contribution in [0.1, 0.15) is 48.5 Å². The summed E-state index contributed by atoms with van der Waals surface area (Å²) in [7, 11) is 0. The van der Waals surface area contributed by atoms with Gasteiger partial charge in [-0.25, -0.2) is 4.79 Å². The van der Waals surface area contributed by atoms with E-state index < -0.39 is 5.97 Å². The van der Waals surface area contributed by atoms with Crippen LogP contribution in [-0.2, 0) is 0 Å². The number of carbonyl (C=O) groups is 1. The van der Waals surface area contributed by atoms with Gasteiger partial charge in [0.25, 0.3) is 0 Å². The maximum atomic E-state index is 11.0. The standard InChI is InChI=1S/C16H22O3/c1-3-4-5-6-7-8-12-19-15-11-9-10-14(13(15)2)16(17)18/h4-5,9-11H,3,6-8,12H2,1-2H3,(H,17,18)/b5-4-. The van der Waals surface area contributed by atoms with Gasteiger partial charge in [0.15, 0.2) is 0 Å². The highest BCUT2D eigenvalue weighted by molar-refractivity contribution is 5.90. The Hall–Kier alpha value is -1.77. The van der Waals surface area contributed by atoms with Crippen LogP contribution in [0.25, 0.3) is 0 Å². The molecule has 1 aromatic carbocycles. The van der Waals surface area contributed by atoms with Crippen LogP contribution >= 0.6 is 0 Å². The van der Waals surface area contributed by atoms with E-state index in [1.807, 2.05) is 6.07 Å². The van der Waals surface area contributed by atoms with Crippen LogP contribution in [0.3, 0.4) is 0 Å². The predicted octanol–water partition coefficient (Wildman–Crippen LogP) is 4.21. The highest BCUT2D eigenvalue weighted by Crippen LogP contribution is 2.21. The Balaban J connectivity index is 2.39. The molecule has 0 aliphatic rings. The van der Waals surface area contributed by atoms with Crippen molar-refractivity contribution in [1.82, 2.24) is 0 Å². The zero-order chi connectivity index (χ0) is 14.1. The van der Waals surface area contributed by atoms with Gasteiger partial charge in [0.1, 0.15) is 5.75 Å². The van der Waals surface area contributed by atoms with Gasteiger partial charge in [-0.1, -0.05) is 25.1 Å². The largest absolute Gasteiger partial charge is 0.493 e. The number of hydrogen-bond donors (Lipinski definition) is 1. The first kappa shape index (κ1) is 15.3. The highest BCUT2D eigenvalue weighted by Gasteiger charge is 2.10. The maximum absolute atomic E-state index is 11.0. The summed E-state index contributed by atoms with van der Waals surface area (Å²) >= 11 is 0. The molecule has 3 heteroatoms. The lowest BCUT2D eigenvalue weighted by atomic mass is 10.1. The van der Waals surface area contributed by atoms with Crippen LogP contribution in [0.5, 0.6) is 5.75 Å².